The number of aromatic nitrogens is 2. The Kier molecular flexibility index (Phi) is 3.66. The third kappa shape index (κ3) is 2.81. The molecule has 0 aliphatic heterocycles. The molecule has 1 aliphatic rings. The Labute approximate surface area is 110 Å². The molecule has 1 aliphatic carbocycles. The van der Waals surface area contributed by atoms with Gasteiger partial charge in [-0.1, -0.05) is 19.3 Å². The minimum atomic E-state index is -0.800. The quantitative estimate of drug-likeness (QED) is 0.604. The van der Waals surface area contributed by atoms with Crippen molar-refractivity contribution in [3.63, 3.8) is 0 Å². The van der Waals surface area contributed by atoms with Crippen molar-refractivity contribution in [2.75, 3.05) is 17.6 Å². The van der Waals surface area contributed by atoms with E-state index in [0.717, 1.165) is 23.8 Å². The highest BCUT2D eigenvalue weighted by atomic mass is 16.3. The topological polar surface area (TPSA) is 113 Å². The van der Waals surface area contributed by atoms with Crippen LogP contribution in [0.4, 0.5) is 11.5 Å². The minimum absolute atomic E-state index is 0.0770. The summed E-state index contributed by atoms with van der Waals surface area (Å²) in [4.78, 5) is 25.2. The average molecular weight is 268 g/mol. The number of aliphatic hydroxyl groups is 1. The zero-order valence-corrected chi connectivity index (χ0v) is 11.0. The van der Waals surface area contributed by atoms with Crippen LogP contribution >= 0.6 is 0 Å². The van der Waals surface area contributed by atoms with E-state index >= 15 is 0 Å². The standard InChI is InChI=1S/C12H20N4O3/c1-16-9(13)8(10(17)15-11(16)18)14-7-12(19)5-3-2-4-6-12/h14,19H,2-7,13H2,1H3,(H,15,17,18). The molecule has 7 heteroatoms. The Morgan fingerprint density at radius 1 is 1.37 bits per heavy atom. The fourth-order valence-electron chi connectivity index (χ4n) is 2.45. The second-order valence-electron chi connectivity index (χ2n) is 5.22. The van der Waals surface area contributed by atoms with E-state index in [1.165, 1.54) is 7.05 Å². The van der Waals surface area contributed by atoms with Crippen molar-refractivity contribution in [1.82, 2.24) is 9.55 Å². The lowest BCUT2D eigenvalue weighted by Gasteiger charge is -2.32. The largest absolute Gasteiger partial charge is 0.388 e. The molecule has 7 nitrogen and oxygen atoms in total. The Morgan fingerprint density at radius 3 is 2.63 bits per heavy atom. The first-order chi connectivity index (χ1) is 8.93. The summed E-state index contributed by atoms with van der Waals surface area (Å²) in [5.74, 6) is 0.0770. The van der Waals surface area contributed by atoms with Crippen LogP contribution in [-0.4, -0.2) is 26.8 Å². The van der Waals surface area contributed by atoms with E-state index < -0.39 is 16.9 Å². The van der Waals surface area contributed by atoms with Gasteiger partial charge in [-0.25, -0.2) is 4.79 Å². The Morgan fingerprint density at radius 2 is 2.00 bits per heavy atom. The summed E-state index contributed by atoms with van der Waals surface area (Å²) in [7, 11) is 1.48. The van der Waals surface area contributed by atoms with Gasteiger partial charge in [0, 0.05) is 13.6 Å². The van der Waals surface area contributed by atoms with Crippen LogP contribution < -0.4 is 22.3 Å². The van der Waals surface area contributed by atoms with E-state index in [1.807, 2.05) is 0 Å². The van der Waals surface area contributed by atoms with E-state index in [9.17, 15) is 14.7 Å². The number of rotatable bonds is 3. The number of H-pyrrole nitrogens is 1. The van der Waals surface area contributed by atoms with Gasteiger partial charge in [-0.05, 0) is 12.8 Å². The van der Waals surface area contributed by atoms with Crippen LogP contribution in [0.2, 0.25) is 0 Å². The maximum Gasteiger partial charge on any atom is 0.329 e. The van der Waals surface area contributed by atoms with Crippen LogP contribution in [0, 0.1) is 0 Å². The molecule has 0 aromatic carbocycles. The molecule has 0 bridgehead atoms. The van der Waals surface area contributed by atoms with E-state index in [4.69, 9.17) is 5.73 Å². The molecule has 2 rings (SSSR count). The lowest BCUT2D eigenvalue weighted by Crippen LogP contribution is -2.41. The van der Waals surface area contributed by atoms with Gasteiger partial charge >= 0.3 is 5.69 Å². The van der Waals surface area contributed by atoms with Gasteiger partial charge in [-0.15, -0.1) is 0 Å². The van der Waals surface area contributed by atoms with Gasteiger partial charge in [-0.3, -0.25) is 14.3 Å². The van der Waals surface area contributed by atoms with Crippen molar-refractivity contribution in [2.24, 2.45) is 7.05 Å². The number of hydrogen-bond donors (Lipinski definition) is 4. The van der Waals surface area contributed by atoms with Gasteiger partial charge < -0.3 is 16.2 Å². The summed E-state index contributed by atoms with van der Waals surface area (Å²) >= 11 is 0. The van der Waals surface area contributed by atoms with Crippen molar-refractivity contribution >= 4 is 11.5 Å². The molecule has 19 heavy (non-hydrogen) atoms. The van der Waals surface area contributed by atoms with Gasteiger partial charge in [-0.2, -0.15) is 0 Å². The number of nitrogens with one attached hydrogen (secondary N) is 2. The normalized spacial score (nSPS) is 18.2. The molecule has 1 aromatic heterocycles. The molecule has 1 aromatic rings. The maximum absolute atomic E-state index is 11.7. The molecule has 1 saturated carbocycles. The molecule has 5 N–H and O–H groups in total. The van der Waals surface area contributed by atoms with Gasteiger partial charge in [0.25, 0.3) is 5.56 Å². The molecule has 106 valence electrons. The molecule has 0 atom stereocenters. The highest BCUT2D eigenvalue weighted by Gasteiger charge is 2.29. The predicted molar refractivity (Wildman–Crippen MR) is 73.2 cm³/mol. The Bertz CT molecular complexity index is 569. The Hall–Kier alpha value is -1.76. The third-order valence-electron chi connectivity index (χ3n) is 3.75. The monoisotopic (exact) mass is 268 g/mol. The SMILES string of the molecule is Cn1c(N)c(NCC2(O)CCCCC2)c(=O)[nH]c1=O. The van der Waals surface area contributed by atoms with E-state index in [2.05, 4.69) is 10.3 Å². The van der Waals surface area contributed by atoms with Crippen LogP contribution in [0.15, 0.2) is 9.59 Å². The molecule has 0 spiro atoms. The molecular formula is C12H20N4O3. The third-order valence-corrected chi connectivity index (χ3v) is 3.75. The van der Waals surface area contributed by atoms with Gasteiger partial charge in [0.05, 0.1) is 5.60 Å². The first kappa shape index (κ1) is 13.7. The second-order valence-corrected chi connectivity index (χ2v) is 5.22. The summed E-state index contributed by atoms with van der Waals surface area (Å²) in [6.45, 7) is 0.262. The van der Waals surface area contributed by atoms with Crippen molar-refractivity contribution in [2.45, 2.75) is 37.7 Å². The highest BCUT2D eigenvalue weighted by Crippen LogP contribution is 2.28. The first-order valence-electron chi connectivity index (χ1n) is 6.48. The number of aromatic amines is 1. The molecule has 0 unspecified atom stereocenters. The number of anilines is 2. The van der Waals surface area contributed by atoms with E-state index in [-0.39, 0.29) is 18.1 Å². The molecule has 0 saturated heterocycles. The fourth-order valence-corrected chi connectivity index (χ4v) is 2.45. The average Bonchev–Trinajstić information content (AvgIpc) is 2.37. The van der Waals surface area contributed by atoms with Crippen molar-refractivity contribution < 1.29 is 5.11 Å². The van der Waals surface area contributed by atoms with Gasteiger partial charge in [0.2, 0.25) is 0 Å². The zero-order chi connectivity index (χ0) is 14.0. The summed E-state index contributed by atoms with van der Waals surface area (Å²) < 4.78 is 1.16. The van der Waals surface area contributed by atoms with Crippen molar-refractivity contribution in [3.8, 4) is 0 Å². The number of nitrogens with two attached hydrogens (primary N) is 1. The van der Waals surface area contributed by atoms with Crippen molar-refractivity contribution in [1.29, 1.82) is 0 Å². The van der Waals surface area contributed by atoms with Crippen LogP contribution in [-0.2, 0) is 7.05 Å². The fraction of sp³-hybridized carbons (Fsp3) is 0.667. The summed E-state index contributed by atoms with van der Waals surface area (Å²) in [6.07, 6.45) is 4.52. The van der Waals surface area contributed by atoms with E-state index in [1.54, 1.807) is 0 Å². The van der Waals surface area contributed by atoms with Crippen LogP contribution in [0.5, 0.6) is 0 Å². The smallest absolute Gasteiger partial charge is 0.329 e. The molecular weight excluding hydrogens is 248 g/mol. The van der Waals surface area contributed by atoms with Crippen LogP contribution in [0.1, 0.15) is 32.1 Å². The summed E-state index contributed by atoms with van der Waals surface area (Å²) in [5.41, 5.74) is 3.97. The molecule has 1 heterocycles. The molecule has 0 amide bonds. The zero-order valence-electron chi connectivity index (χ0n) is 11.0. The predicted octanol–water partition coefficient (Wildman–Crippen LogP) is -0.237. The van der Waals surface area contributed by atoms with Crippen LogP contribution in [0.3, 0.4) is 0 Å². The first-order valence-corrected chi connectivity index (χ1v) is 6.48. The van der Waals surface area contributed by atoms with Crippen LogP contribution in [0.25, 0.3) is 0 Å². The number of nitrogen functional groups attached to an aromatic ring is 1. The number of nitrogens with zero attached hydrogens (tertiary/aromatic N) is 1. The minimum Gasteiger partial charge on any atom is -0.388 e. The number of hydrogen-bond acceptors (Lipinski definition) is 5. The lowest BCUT2D eigenvalue weighted by molar-refractivity contribution is 0.0167. The second kappa shape index (κ2) is 5.08. The molecule has 0 radical (unpaired) electrons. The lowest BCUT2D eigenvalue weighted by atomic mass is 9.85. The maximum atomic E-state index is 11.7. The van der Waals surface area contributed by atoms with Gasteiger partial charge in [0.15, 0.2) is 0 Å². The van der Waals surface area contributed by atoms with Crippen molar-refractivity contribution in [3.05, 3.63) is 20.8 Å². The van der Waals surface area contributed by atoms with E-state index in [0.29, 0.717) is 12.8 Å². The van der Waals surface area contributed by atoms with Gasteiger partial charge in [0.1, 0.15) is 11.5 Å². The summed E-state index contributed by atoms with van der Waals surface area (Å²) in [5, 5.41) is 13.2. The summed E-state index contributed by atoms with van der Waals surface area (Å²) in [6, 6.07) is 0. The highest BCUT2D eigenvalue weighted by molar-refractivity contribution is 5.60. The Balaban J connectivity index is 2.18. The molecule has 1 fully saturated rings.